The van der Waals surface area contributed by atoms with Gasteiger partial charge in [-0.15, -0.1) is 0 Å². The molecule has 2 aromatic carbocycles. The summed E-state index contributed by atoms with van der Waals surface area (Å²) in [5.74, 6) is 1.47. The zero-order valence-electron chi connectivity index (χ0n) is 18.9. The van der Waals surface area contributed by atoms with Crippen LogP contribution in [0.5, 0.6) is 5.75 Å². The number of anilines is 1. The van der Waals surface area contributed by atoms with Gasteiger partial charge < -0.3 is 19.7 Å². The summed E-state index contributed by atoms with van der Waals surface area (Å²) in [4.78, 5) is 19.8. The van der Waals surface area contributed by atoms with E-state index in [1.165, 1.54) is 10.9 Å². The summed E-state index contributed by atoms with van der Waals surface area (Å²) in [6, 6.07) is 18.3. The number of carboxylic acid groups (broad SMARTS) is 1. The summed E-state index contributed by atoms with van der Waals surface area (Å²) in [5.41, 5.74) is 4.26. The van der Waals surface area contributed by atoms with Crippen molar-refractivity contribution >= 4 is 22.7 Å². The molecule has 7 nitrogen and oxygen atoms in total. The first kappa shape index (κ1) is 22.3. The van der Waals surface area contributed by atoms with Crippen molar-refractivity contribution in [3.8, 4) is 17.0 Å². The molecule has 0 aliphatic heterocycles. The summed E-state index contributed by atoms with van der Waals surface area (Å²) in [7, 11) is 2.04. The number of nitrogens with zero attached hydrogens (tertiary/aromatic N) is 3. The zero-order valence-corrected chi connectivity index (χ0v) is 18.9. The first-order valence-electron chi connectivity index (χ1n) is 11.1. The number of nitrogens with one attached hydrogen (secondary N) is 1. The van der Waals surface area contributed by atoms with Gasteiger partial charge in [0.1, 0.15) is 17.4 Å². The maximum atomic E-state index is 10.6. The quantitative estimate of drug-likeness (QED) is 0.340. The van der Waals surface area contributed by atoms with Gasteiger partial charge in [-0.25, -0.2) is 9.97 Å². The molecule has 0 aliphatic rings. The van der Waals surface area contributed by atoms with Crippen molar-refractivity contribution in [3.05, 3.63) is 72.2 Å². The molecular weight excluding hydrogens is 416 g/mol. The number of hydrogen-bond acceptors (Lipinski definition) is 5. The molecule has 0 saturated heterocycles. The SMILES string of the molecule is Cc1nc(NCCc2cccc(OCCCC(=O)O)c2)cc(-c2ccc3ccn(C)c3c2)n1. The van der Waals surface area contributed by atoms with E-state index < -0.39 is 5.97 Å². The van der Waals surface area contributed by atoms with Crippen molar-refractivity contribution in [2.75, 3.05) is 18.5 Å². The second-order valence-electron chi connectivity index (χ2n) is 8.06. The Hall–Kier alpha value is -3.87. The highest BCUT2D eigenvalue weighted by atomic mass is 16.5. The first-order valence-corrected chi connectivity index (χ1v) is 11.1. The maximum Gasteiger partial charge on any atom is 0.303 e. The Morgan fingerprint density at radius 2 is 2.00 bits per heavy atom. The molecule has 170 valence electrons. The summed E-state index contributed by atoms with van der Waals surface area (Å²) in [5, 5.41) is 13.3. The van der Waals surface area contributed by atoms with E-state index >= 15 is 0 Å². The first-order chi connectivity index (χ1) is 16.0. The van der Waals surface area contributed by atoms with E-state index in [0.717, 1.165) is 47.2 Å². The lowest BCUT2D eigenvalue weighted by molar-refractivity contribution is -0.137. The lowest BCUT2D eigenvalue weighted by atomic mass is 10.1. The average molecular weight is 445 g/mol. The molecule has 0 amide bonds. The van der Waals surface area contributed by atoms with Crippen LogP contribution in [0.4, 0.5) is 5.82 Å². The number of fused-ring (bicyclic) bond motifs is 1. The van der Waals surface area contributed by atoms with Crippen molar-refractivity contribution in [1.29, 1.82) is 0 Å². The molecule has 4 rings (SSSR count). The fraction of sp³-hybridized carbons (Fsp3) is 0.269. The normalized spacial score (nSPS) is 11.0. The second kappa shape index (κ2) is 10.2. The molecule has 0 atom stereocenters. The van der Waals surface area contributed by atoms with Gasteiger partial charge in [0.15, 0.2) is 0 Å². The van der Waals surface area contributed by atoms with Gasteiger partial charge in [0.05, 0.1) is 12.3 Å². The molecule has 2 N–H and O–H groups in total. The Labute approximate surface area is 193 Å². The van der Waals surface area contributed by atoms with Gasteiger partial charge in [0.25, 0.3) is 0 Å². The van der Waals surface area contributed by atoms with E-state index in [1.807, 2.05) is 38.2 Å². The number of aromatic nitrogens is 3. The smallest absolute Gasteiger partial charge is 0.303 e. The molecule has 2 heterocycles. The number of ether oxygens (including phenoxy) is 1. The van der Waals surface area contributed by atoms with Crippen LogP contribution in [0.1, 0.15) is 24.2 Å². The van der Waals surface area contributed by atoms with Crippen LogP contribution >= 0.6 is 0 Å². The second-order valence-corrected chi connectivity index (χ2v) is 8.06. The van der Waals surface area contributed by atoms with E-state index in [9.17, 15) is 4.79 Å². The molecule has 0 spiro atoms. The number of carbonyl (C=O) groups is 1. The van der Waals surface area contributed by atoms with E-state index in [2.05, 4.69) is 56.4 Å². The molecular formula is C26H28N4O3. The van der Waals surface area contributed by atoms with E-state index in [4.69, 9.17) is 9.84 Å². The van der Waals surface area contributed by atoms with Gasteiger partial charge in [-0.2, -0.15) is 0 Å². The van der Waals surface area contributed by atoms with Crippen LogP contribution in [-0.2, 0) is 18.3 Å². The molecule has 33 heavy (non-hydrogen) atoms. The summed E-state index contributed by atoms with van der Waals surface area (Å²) < 4.78 is 7.78. The Kier molecular flexibility index (Phi) is 6.88. The Balaban J connectivity index is 1.38. The number of benzene rings is 2. The fourth-order valence-electron chi connectivity index (χ4n) is 3.77. The number of aliphatic carboxylic acids is 1. The van der Waals surface area contributed by atoms with Gasteiger partial charge in [0, 0.05) is 43.4 Å². The third kappa shape index (κ3) is 5.88. The highest BCUT2D eigenvalue weighted by Gasteiger charge is 2.07. The summed E-state index contributed by atoms with van der Waals surface area (Å²) >= 11 is 0. The van der Waals surface area contributed by atoms with Gasteiger partial charge in [-0.1, -0.05) is 24.3 Å². The van der Waals surface area contributed by atoms with Gasteiger partial charge in [-0.3, -0.25) is 4.79 Å². The van der Waals surface area contributed by atoms with Crippen molar-refractivity contribution in [2.24, 2.45) is 7.05 Å². The van der Waals surface area contributed by atoms with Crippen molar-refractivity contribution in [3.63, 3.8) is 0 Å². The fourth-order valence-corrected chi connectivity index (χ4v) is 3.77. The van der Waals surface area contributed by atoms with Crippen LogP contribution in [0.25, 0.3) is 22.2 Å². The summed E-state index contributed by atoms with van der Waals surface area (Å²) in [6.07, 6.45) is 3.47. The van der Waals surface area contributed by atoms with Crippen LogP contribution in [0.3, 0.4) is 0 Å². The zero-order chi connectivity index (χ0) is 23.2. The lowest BCUT2D eigenvalue weighted by Crippen LogP contribution is -2.08. The monoisotopic (exact) mass is 444 g/mol. The van der Waals surface area contributed by atoms with E-state index in [-0.39, 0.29) is 6.42 Å². The minimum atomic E-state index is -0.804. The standard InChI is InChI=1S/C26H28N4O3/c1-18-28-23(21-9-8-20-11-13-30(2)24(20)16-21)17-25(29-18)27-12-10-19-5-3-6-22(15-19)33-14-4-7-26(31)32/h3,5-6,8-9,11,13,15-17H,4,7,10,12,14H2,1-2H3,(H,31,32)(H,27,28,29). The molecule has 0 unspecified atom stereocenters. The minimum absolute atomic E-state index is 0.114. The molecule has 7 heteroatoms. The topological polar surface area (TPSA) is 89.3 Å². The van der Waals surface area contributed by atoms with E-state index in [1.54, 1.807) is 0 Å². The Bertz CT molecular complexity index is 1270. The molecule has 0 saturated carbocycles. The number of carboxylic acids is 1. The van der Waals surface area contributed by atoms with Crippen LogP contribution in [0.15, 0.2) is 60.8 Å². The van der Waals surface area contributed by atoms with Crippen LogP contribution in [0.2, 0.25) is 0 Å². The predicted molar refractivity (Wildman–Crippen MR) is 130 cm³/mol. The Morgan fingerprint density at radius 1 is 1.12 bits per heavy atom. The average Bonchev–Trinajstić information content (AvgIpc) is 3.17. The molecule has 0 aliphatic carbocycles. The van der Waals surface area contributed by atoms with E-state index in [0.29, 0.717) is 13.0 Å². The highest BCUT2D eigenvalue weighted by Crippen LogP contribution is 2.25. The van der Waals surface area contributed by atoms with Gasteiger partial charge in [0.2, 0.25) is 0 Å². The largest absolute Gasteiger partial charge is 0.494 e. The van der Waals surface area contributed by atoms with Crippen LogP contribution < -0.4 is 10.1 Å². The minimum Gasteiger partial charge on any atom is -0.494 e. The number of aryl methyl sites for hydroxylation is 2. The van der Waals surface area contributed by atoms with Crippen molar-refractivity contribution in [1.82, 2.24) is 14.5 Å². The maximum absolute atomic E-state index is 10.6. The molecule has 2 aromatic heterocycles. The molecule has 0 radical (unpaired) electrons. The number of hydrogen-bond donors (Lipinski definition) is 2. The van der Waals surface area contributed by atoms with Gasteiger partial charge >= 0.3 is 5.97 Å². The molecule has 0 bridgehead atoms. The lowest BCUT2D eigenvalue weighted by Gasteiger charge is -2.10. The van der Waals surface area contributed by atoms with Gasteiger partial charge in [-0.05, 0) is 55.0 Å². The van der Waals surface area contributed by atoms with Crippen molar-refractivity contribution < 1.29 is 14.6 Å². The Morgan fingerprint density at radius 3 is 2.85 bits per heavy atom. The third-order valence-electron chi connectivity index (χ3n) is 5.44. The molecule has 4 aromatic rings. The van der Waals surface area contributed by atoms with Crippen molar-refractivity contribution in [2.45, 2.75) is 26.2 Å². The highest BCUT2D eigenvalue weighted by molar-refractivity contribution is 5.85. The molecule has 0 fully saturated rings. The summed E-state index contributed by atoms with van der Waals surface area (Å²) in [6.45, 7) is 3.02. The van der Waals surface area contributed by atoms with Crippen LogP contribution in [0, 0.1) is 6.92 Å². The third-order valence-corrected chi connectivity index (χ3v) is 5.44. The van der Waals surface area contributed by atoms with Crippen LogP contribution in [-0.4, -0.2) is 38.8 Å². The predicted octanol–water partition coefficient (Wildman–Crippen LogP) is 4.84. The number of rotatable bonds is 10.